The lowest BCUT2D eigenvalue weighted by molar-refractivity contribution is -0.151. The van der Waals surface area contributed by atoms with Crippen LogP contribution in [0.15, 0.2) is 47.1 Å². The van der Waals surface area contributed by atoms with Gasteiger partial charge in [0.2, 0.25) is 0 Å². The minimum atomic E-state index is -0.408. The molecule has 0 atom stereocenters. The molecule has 1 aliphatic rings. The highest BCUT2D eigenvalue weighted by Gasteiger charge is 2.29. The normalized spacial score (nSPS) is 14.6. The van der Waals surface area contributed by atoms with Gasteiger partial charge in [0.05, 0.1) is 24.9 Å². The Bertz CT molecular complexity index is 788. The summed E-state index contributed by atoms with van der Waals surface area (Å²) in [5, 5.41) is 0. The zero-order chi connectivity index (χ0) is 19.2. The van der Waals surface area contributed by atoms with Gasteiger partial charge in [0.1, 0.15) is 6.61 Å². The van der Waals surface area contributed by atoms with Crippen LogP contribution in [0.5, 0.6) is 0 Å². The number of hydrogen-bond acceptors (Lipinski definition) is 6. The molecule has 1 aliphatic heterocycles. The molecular weight excluding hydrogens is 350 g/mol. The highest BCUT2D eigenvalue weighted by molar-refractivity contribution is 5.91. The van der Waals surface area contributed by atoms with E-state index in [2.05, 4.69) is 4.74 Å². The smallest absolute Gasteiger partial charge is 0.337 e. The second kappa shape index (κ2) is 8.53. The number of ether oxygens (including phenoxy) is 2. The first kappa shape index (κ1) is 18.7. The van der Waals surface area contributed by atoms with E-state index in [1.54, 1.807) is 41.3 Å². The number of piperidine rings is 1. The lowest BCUT2D eigenvalue weighted by Crippen LogP contribution is -2.40. The van der Waals surface area contributed by atoms with Crippen LogP contribution in [-0.4, -0.2) is 42.9 Å². The Morgan fingerprint density at radius 3 is 2.41 bits per heavy atom. The highest BCUT2D eigenvalue weighted by atomic mass is 16.5. The monoisotopic (exact) mass is 371 g/mol. The predicted octanol–water partition coefficient (Wildman–Crippen LogP) is 2.66. The maximum Gasteiger partial charge on any atom is 0.337 e. The van der Waals surface area contributed by atoms with Gasteiger partial charge >= 0.3 is 11.9 Å². The molecule has 0 saturated carbocycles. The number of nitrogens with zero attached hydrogens (tertiary/aromatic N) is 1. The van der Waals surface area contributed by atoms with E-state index < -0.39 is 5.97 Å². The van der Waals surface area contributed by atoms with Gasteiger partial charge in [-0.2, -0.15) is 0 Å². The number of furan rings is 1. The number of benzene rings is 1. The van der Waals surface area contributed by atoms with E-state index in [-0.39, 0.29) is 24.4 Å². The Labute approximate surface area is 156 Å². The Kier molecular flexibility index (Phi) is 5.90. The summed E-state index contributed by atoms with van der Waals surface area (Å²) in [6, 6.07) is 10.0. The first-order valence-electron chi connectivity index (χ1n) is 8.75. The topological polar surface area (TPSA) is 86.0 Å². The van der Waals surface area contributed by atoms with Crippen molar-refractivity contribution in [1.29, 1.82) is 0 Å². The van der Waals surface area contributed by atoms with Crippen LogP contribution in [0.1, 0.15) is 39.3 Å². The minimum Gasteiger partial charge on any atom is -0.465 e. The van der Waals surface area contributed by atoms with E-state index >= 15 is 0 Å². The fourth-order valence-electron chi connectivity index (χ4n) is 3.00. The van der Waals surface area contributed by atoms with Gasteiger partial charge < -0.3 is 18.8 Å². The van der Waals surface area contributed by atoms with Gasteiger partial charge in [0, 0.05) is 13.1 Å². The summed E-state index contributed by atoms with van der Waals surface area (Å²) in [5.41, 5.74) is 1.24. The molecule has 0 N–H and O–H groups in total. The van der Waals surface area contributed by atoms with Crippen molar-refractivity contribution < 1.29 is 28.3 Å². The molecule has 3 rings (SSSR count). The van der Waals surface area contributed by atoms with Gasteiger partial charge in [-0.3, -0.25) is 9.59 Å². The van der Waals surface area contributed by atoms with Gasteiger partial charge in [-0.05, 0) is 42.7 Å². The highest BCUT2D eigenvalue weighted by Crippen LogP contribution is 2.21. The molecule has 7 heteroatoms. The fraction of sp³-hybridized carbons (Fsp3) is 0.350. The second-order valence-corrected chi connectivity index (χ2v) is 6.34. The number of carbonyl (C=O) groups is 3. The van der Waals surface area contributed by atoms with Gasteiger partial charge in [0.15, 0.2) is 5.76 Å². The van der Waals surface area contributed by atoms with Crippen LogP contribution in [0.2, 0.25) is 0 Å². The number of hydrogen-bond donors (Lipinski definition) is 0. The molecule has 0 aliphatic carbocycles. The van der Waals surface area contributed by atoms with Crippen molar-refractivity contribution >= 4 is 17.8 Å². The summed E-state index contributed by atoms with van der Waals surface area (Å²) in [6.07, 6.45) is 2.59. The van der Waals surface area contributed by atoms with Gasteiger partial charge in [0.25, 0.3) is 5.91 Å². The van der Waals surface area contributed by atoms with Crippen LogP contribution in [0.3, 0.4) is 0 Å². The quantitative estimate of drug-likeness (QED) is 0.751. The van der Waals surface area contributed by atoms with Gasteiger partial charge in [-0.25, -0.2) is 4.79 Å². The fourth-order valence-corrected chi connectivity index (χ4v) is 3.00. The van der Waals surface area contributed by atoms with Gasteiger partial charge in [-0.1, -0.05) is 12.1 Å². The predicted molar refractivity (Wildman–Crippen MR) is 94.9 cm³/mol. The van der Waals surface area contributed by atoms with E-state index in [4.69, 9.17) is 9.15 Å². The van der Waals surface area contributed by atoms with Crippen molar-refractivity contribution in [3.05, 3.63) is 59.5 Å². The lowest BCUT2D eigenvalue weighted by Gasteiger charge is -2.30. The molecule has 0 bridgehead atoms. The molecule has 0 unspecified atom stereocenters. The zero-order valence-corrected chi connectivity index (χ0v) is 15.1. The lowest BCUT2D eigenvalue weighted by atomic mass is 9.97. The van der Waals surface area contributed by atoms with E-state index in [1.807, 2.05) is 0 Å². The number of rotatable bonds is 5. The maximum atomic E-state index is 12.3. The number of amides is 1. The molecule has 0 radical (unpaired) electrons. The molecule has 7 nitrogen and oxygen atoms in total. The van der Waals surface area contributed by atoms with Crippen molar-refractivity contribution in [3.8, 4) is 0 Å². The SMILES string of the molecule is COC(=O)c1ccc(COC(=O)C2CCN(C(=O)c3ccco3)CC2)cc1. The summed E-state index contributed by atoms with van der Waals surface area (Å²) in [4.78, 5) is 37.6. The number of likely N-dealkylation sites (tertiary alicyclic amines) is 1. The molecule has 27 heavy (non-hydrogen) atoms. The molecule has 1 saturated heterocycles. The van der Waals surface area contributed by atoms with Crippen molar-refractivity contribution in [2.24, 2.45) is 5.92 Å². The minimum absolute atomic E-state index is 0.145. The first-order chi connectivity index (χ1) is 13.1. The van der Waals surface area contributed by atoms with Crippen molar-refractivity contribution in [3.63, 3.8) is 0 Å². The van der Waals surface area contributed by atoms with Crippen LogP contribution in [0, 0.1) is 5.92 Å². The number of carbonyl (C=O) groups excluding carboxylic acids is 3. The number of esters is 2. The molecule has 142 valence electrons. The van der Waals surface area contributed by atoms with E-state index in [0.29, 0.717) is 37.3 Å². The van der Waals surface area contributed by atoms with Crippen LogP contribution in [-0.2, 0) is 20.9 Å². The molecule has 1 aromatic heterocycles. The standard InChI is InChI=1S/C20H21NO6/c1-25-19(23)15-6-4-14(5-7-15)13-27-20(24)16-8-10-21(11-9-16)18(22)17-3-2-12-26-17/h2-7,12,16H,8-11,13H2,1H3. The van der Waals surface area contributed by atoms with Crippen LogP contribution >= 0.6 is 0 Å². The van der Waals surface area contributed by atoms with E-state index in [0.717, 1.165) is 5.56 Å². The second-order valence-electron chi connectivity index (χ2n) is 6.34. The maximum absolute atomic E-state index is 12.3. The van der Waals surface area contributed by atoms with Crippen LogP contribution in [0.25, 0.3) is 0 Å². The van der Waals surface area contributed by atoms with Crippen molar-refractivity contribution in [2.45, 2.75) is 19.4 Å². The zero-order valence-electron chi connectivity index (χ0n) is 15.1. The van der Waals surface area contributed by atoms with Crippen LogP contribution < -0.4 is 0 Å². The third kappa shape index (κ3) is 4.55. The summed E-state index contributed by atoms with van der Waals surface area (Å²) in [5.74, 6) is -0.740. The van der Waals surface area contributed by atoms with Crippen LogP contribution in [0.4, 0.5) is 0 Å². The molecule has 2 aromatic rings. The largest absolute Gasteiger partial charge is 0.465 e. The molecule has 0 spiro atoms. The Morgan fingerprint density at radius 1 is 1.11 bits per heavy atom. The average Bonchev–Trinajstić information content (AvgIpc) is 3.26. The summed E-state index contributed by atoms with van der Waals surface area (Å²) in [7, 11) is 1.32. The summed E-state index contributed by atoms with van der Waals surface area (Å²) in [6.45, 7) is 1.13. The third-order valence-corrected chi connectivity index (χ3v) is 4.60. The molecule has 1 fully saturated rings. The van der Waals surface area contributed by atoms with E-state index in [9.17, 15) is 14.4 Å². The Balaban J connectivity index is 1.45. The number of methoxy groups -OCH3 is 1. The first-order valence-corrected chi connectivity index (χ1v) is 8.75. The molecule has 1 amide bonds. The third-order valence-electron chi connectivity index (χ3n) is 4.60. The summed E-state index contributed by atoms with van der Waals surface area (Å²) >= 11 is 0. The summed E-state index contributed by atoms with van der Waals surface area (Å²) < 4.78 is 15.2. The molecule has 1 aromatic carbocycles. The molecular formula is C20H21NO6. The van der Waals surface area contributed by atoms with Gasteiger partial charge in [-0.15, -0.1) is 0 Å². The Hall–Kier alpha value is -3.09. The Morgan fingerprint density at radius 2 is 1.81 bits per heavy atom. The van der Waals surface area contributed by atoms with Crippen molar-refractivity contribution in [2.75, 3.05) is 20.2 Å². The molecule has 2 heterocycles. The average molecular weight is 371 g/mol. The van der Waals surface area contributed by atoms with E-state index in [1.165, 1.54) is 13.4 Å². The van der Waals surface area contributed by atoms with Crippen molar-refractivity contribution in [1.82, 2.24) is 4.90 Å².